The maximum absolute atomic E-state index is 12.4. The first-order chi connectivity index (χ1) is 9.90. The zero-order valence-electron chi connectivity index (χ0n) is 13.7. The predicted molar refractivity (Wildman–Crippen MR) is 82.3 cm³/mol. The zero-order valence-corrected chi connectivity index (χ0v) is 13.7. The molecule has 21 heavy (non-hydrogen) atoms. The molecule has 5 nitrogen and oxygen atoms in total. The summed E-state index contributed by atoms with van der Waals surface area (Å²) in [5, 5.41) is 9.21. The quantitative estimate of drug-likeness (QED) is 0.845. The van der Waals surface area contributed by atoms with E-state index in [4.69, 9.17) is 4.74 Å². The van der Waals surface area contributed by atoms with Gasteiger partial charge in [0.15, 0.2) is 0 Å². The van der Waals surface area contributed by atoms with E-state index in [0.717, 1.165) is 32.4 Å². The van der Waals surface area contributed by atoms with Gasteiger partial charge in [-0.3, -0.25) is 4.90 Å². The Balaban J connectivity index is 1.96. The number of piperidine rings is 1. The molecule has 0 unspecified atom stereocenters. The standard InChI is InChI=1S/C16H30N2O3/c1-16(2,3)21-15(20)18(13-7-8-13)12-14-6-4-5-9-17(14)10-11-19/h13-14,19H,4-12H2,1-3H3/t14-/m1/s1. The first kappa shape index (κ1) is 16.6. The van der Waals surface area contributed by atoms with Crippen LogP contribution in [0.5, 0.6) is 0 Å². The summed E-state index contributed by atoms with van der Waals surface area (Å²) in [5.41, 5.74) is -0.443. The van der Waals surface area contributed by atoms with Gasteiger partial charge in [-0.1, -0.05) is 6.42 Å². The lowest BCUT2D eigenvalue weighted by Crippen LogP contribution is -2.50. The first-order valence-corrected chi connectivity index (χ1v) is 8.25. The Morgan fingerprint density at radius 2 is 2.00 bits per heavy atom. The van der Waals surface area contributed by atoms with Gasteiger partial charge in [0.2, 0.25) is 0 Å². The third-order valence-corrected chi connectivity index (χ3v) is 4.16. The molecule has 0 aromatic heterocycles. The highest BCUT2D eigenvalue weighted by Crippen LogP contribution is 2.30. The summed E-state index contributed by atoms with van der Waals surface area (Å²) >= 11 is 0. The number of amides is 1. The molecule has 2 rings (SSSR count). The van der Waals surface area contributed by atoms with Crippen LogP contribution in [0.3, 0.4) is 0 Å². The van der Waals surface area contributed by atoms with E-state index in [1.54, 1.807) is 0 Å². The fourth-order valence-corrected chi connectivity index (χ4v) is 3.00. The average molecular weight is 298 g/mol. The molecule has 0 bridgehead atoms. The van der Waals surface area contributed by atoms with Gasteiger partial charge in [0, 0.05) is 25.2 Å². The zero-order chi connectivity index (χ0) is 15.5. The molecular weight excluding hydrogens is 268 g/mol. The monoisotopic (exact) mass is 298 g/mol. The lowest BCUT2D eigenvalue weighted by atomic mass is 10.0. The van der Waals surface area contributed by atoms with Crippen molar-refractivity contribution >= 4 is 6.09 Å². The number of nitrogens with zero attached hydrogens (tertiary/aromatic N) is 2. The minimum atomic E-state index is -0.443. The first-order valence-electron chi connectivity index (χ1n) is 8.25. The number of carbonyl (C=O) groups is 1. The van der Waals surface area contributed by atoms with Crippen LogP contribution in [0, 0.1) is 0 Å². The molecule has 122 valence electrons. The molecule has 1 saturated carbocycles. The van der Waals surface area contributed by atoms with Crippen LogP contribution >= 0.6 is 0 Å². The lowest BCUT2D eigenvalue weighted by molar-refractivity contribution is 0.0127. The lowest BCUT2D eigenvalue weighted by Gasteiger charge is -2.38. The summed E-state index contributed by atoms with van der Waals surface area (Å²) in [6, 6.07) is 0.719. The van der Waals surface area contributed by atoms with E-state index in [0.29, 0.717) is 18.6 Å². The van der Waals surface area contributed by atoms with Crippen LogP contribution in [0.4, 0.5) is 4.79 Å². The second-order valence-electron chi connectivity index (χ2n) is 7.27. The molecule has 0 radical (unpaired) electrons. The number of aliphatic hydroxyl groups excluding tert-OH is 1. The van der Waals surface area contributed by atoms with Crippen LogP contribution in [-0.4, -0.2) is 64.9 Å². The van der Waals surface area contributed by atoms with Gasteiger partial charge in [-0.2, -0.15) is 0 Å². The molecule has 1 aliphatic carbocycles. The van der Waals surface area contributed by atoms with Crippen molar-refractivity contribution in [2.24, 2.45) is 0 Å². The van der Waals surface area contributed by atoms with Crippen LogP contribution in [-0.2, 0) is 4.74 Å². The van der Waals surface area contributed by atoms with Gasteiger partial charge in [0.1, 0.15) is 5.60 Å². The van der Waals surface area contributed by atoms with E-state index < -0.39 is 5.60 Å². The second kappa shape index (κ2) is 6.97. The number of carbonyl (C=O) groups excluding carboxylic acids is 1. The van der Waals surface area contributed by atoms with Crippen LogP contribution in [0.1, 0.15) is 52.9 Å². The van der Waals surface area contributed by atoms with E-state index in [9.17, 15) is 9.90 Å². The van der Waals surface area contributed by atoms with E-state index in [2.05, 4.69) is 4.90 Å². The highest BCUT2D eigenvalue weighted by atomic mass is 16.6. The van der Waals surface area contributed by atoms with Gasteiger partial charge < -0.3 is 14.7 Å². The minimum Gasteiger partial charge on any atom is -0.444 e. The third-order valence-electron chi connectivity index (χ3n) is 4.16. The topological polar surface area (TPSA) is 53.0 Å². The molecule has 0 spiro atoms. The Labute approximate surface area is 128 Å². The molecule has 1 amide bonds. The third kappa shape index (κ3) is 5.15. The van der Waals surface area contributed by atoms with E-state index in [1.165, 1.54) is 12.8 Å². The molecule has 1 saturated heterocycles. The van der Waals surface area contributed by atoms with E-state index >= 15 is 0 Å². The predicted octanol–water partition coefficient (Wildman–Crippen LogP) is 2.23. The number of ether oxygens (including phenoxy) is 1. The normalized spacial score (nSPS) is 23.9. The molecule has 1 atom stereocenters. The summed E-state index contributed by atoms with van der Waals surface area (Å²) in [6.07, 6.45) is 5.50. The van der Waals surface area contributed by atoms with Crippen LogP contribution in [0.15, 0.2) is 0 Å². The van der Waals surface area contributed by atoms with Crippen molar-refractivity contribution < 1.29 is 14.6 Å². The van der Waals surface area contributed by atoms with Gasteiger partial charge in [0.05, 0.1) is 6.61 Å². The van der Waals surface area contributed by atoms with Gasteiger partial charge in [-0.25, -0.2) is 4.79 Å². The van der Waals surface area contributed by atoms with Crippen LogP contribution in [0.25, 0.3) is 0 Å². The molecular formula is C16H30N2O3. The summed E-state index contributed by atoms with van der Waals surface area (Å²) in [5.74, 6) is 0. The van der Waals surface area contributed by atoms with Crippen LogP contribution in [0.2, 0.25) is 0 Å². The van der Waals surface area contributed by atoms with E-state index in [-0.39, 0.29) is 12.7 Å². The average Bonchev–Trinajstić information content (AvgIpc) is 3.20. The fourth-order valence-electron chi connectivity index (χ4n) is 3.00. The van der Waals surface area contributed by atoms with Crippen molar-refractivity contribution in [1.82, 2.24) is 9.80 Å². The van der Waals surface area contributed by atoms with Gasteiger partial charge in [0.25, 0.3) is 0 Å². The SMILES string of the molecule is CC(C)(C)OC(=O)N(C[C@H]1CCCCN1CCO)C1CC1. The Morgan fingerprint density at radius 1 is 1.29 bits per heavy atom. The Morgan fingerprint density at radius 3 is 2.57 bits per heavy atom. The highest BCUT2D eigenvalue weighted by molar-refractivity contribution is 5.69. The Kier molecular flexibility index (Phi) is 5.49. The van der Waals surface area contributed by atoms with Gasteiger partial charge in [-0.05, 0) is 53.0 Å². The van der Waals surface area contributed by atoms with Crippen molar-refractivity contribution in [1.29, 1.82) is 0 Å². The van der Waals surface area contributed by atoms with Gasteiger partial charge >= 0.3 is 6.09 Å². The van der Waals surface area contributed by atoms with Crippen molar-refractivity contribution in [2.75, 3.05) is 26.2 Å². The Hall–Kier alpha value is -0.810. The smallest absolute Gasteiger partial charge is 0.410 e. The molecule has 0 aromatic rings. The van der Waals surface area contributed by atoms with E-state index in [1.807, 2.05) is 25.7 Å². The van der Waals surface area contributed by atoms with Crippen molar-refractivity contribution in [2.45, 2.75) is 70.6 Å². The number of hydrogen-bond acceptors (Lipinski definition) is 4. The minimum absolute atomic E-state index is 0.181. The molecule has 2 fully saturated rings. The number of hydrogen-bond donors (Lipinski definition) is 1. The molecule has 1 N–H and O–H groups in total. The largest absolute Gasteiger partial charge is 0.444 e. The number of aliphatic hydroxyl groups is 1. The summed E-state index contributed by atoms with van der Waals surface area (Å²) in [7, 11) is 0. The maximum atomic E-state index is 12.4. The fraction of sp³-hybridized carbons (Fsp3) is 0.938. The highest BCUT2D eigenvalue weighted by Gasteiger charge is 2.37. The Bertz CT molecular complexity index is 348. The molecule has 0 aromatic carbocycles. The summed E-state index contributed by atoms with van der Waals surface area (Å²) < 4.78 is 5.56. The summed E-state index contributed by atoms with van der Waals surface area (Å²) in [6.45, 7) is 8.39. The molecule has 1 heterocycles. The number of likely N-dealkylation sites (tertiary alicyclic amines) is 1. The summed E-state index contributed by atoms with van der Waals surface area (Å²) in [4.78, 5) is 16.7. The van der Waals surface area contributed by atoms with Crippen molar-refractivity contribution in [3.05, 3.63) is 0 Å². The van der Waals surface area contributed by atoms with Crippen LogP contribution < -0.4 is 0 Å². The number of rotatable bonds is 5. The van der Waals surface area contributed by atoms with Gasteiger partial charge in [-0.15, -0.1) is 0 Å². The second-order valence-corrected chi connectivity index (χ2v) is 7.27. The molecule has 1 aliphatic heterocycles. The van der Waals surface area contributed by atoms with Crippen molar-refractivity contribution in [3.63, 3.8) is 0 Å². The molecule has 2 aliphatic rings. The maximum Gasteiger partial charge on any atom is 0.410 e. The van der Waals surface area contributed by atoms with Crippen molar-refractivity contribution in [3.8, 4) is 0 Å². The molecule has 5 heteroatoms. The number of β-amino-alcohol motifs (C(OH)–C–C–N with tert-alkyl or cyclic N) is 1.